The van der Waals surface area contributed by atoms with Gasteiger partial charge in [-0.1, -0.05) is 0 Å². The minimum Gasteiger partial charge on any atom is -0.207 e. The predicted molar refractivity (Wildman–Crippen MR) is 53.9 cm³/mol. The molecule has 3 nitrogen and oxygen atoms in total. The highest BCUT2D eigenvalue weighted by atomic mass is 35.7. The number of nitriles is 1. The van der Waals surface area contributed by atoms with Crippen LogP contribution in [0.4, 0.5) is 13.2 Å². The van der Waals surface area contributed by atoms with Crippen molar-refractivity contribution >= 4 is 19.7 Å². The summed E-state index contributed by atoms with van der Waals surface area (Å²) in [7, 11) is 0.575. The summed E-state index contributed by atoms with van der Waals surface area (Å²) in [6.45, 7) is 1.13. The molecule has 0 saturated carbocycles. The Morgan fingerprint density at radius 1 is 1.35 bits per heavy atom. The first kappa shape index (κ1) is 13.8. The minimum atomic E-state index is -4.70. The fraction of sp³-hybridized carbons (Fsp3) is 0.222. The van der Waals surface area contributed by atoms with Gasteiger partial charge in [-0.25, -0.2) is 8.42 Å². The molecule has 0 heterocycles. The van der Waals surface area contributed by atoms with E-state index < -0.39 is 31.2 Å². The lowest BCUT2D eigenvalue weighted by atomic mass is 10.1. The third-order valence-corrected chi connectivity index (χ3v) is 3.38. The zero-order valence-corrected chi connectivity index (χ0v) is 9.91. The van der Waals surface area contributed by atoms with E-state index in [9.17, 15) is 21.6 Å². The average molecular weight is 284 g/mol. The zero-order valence-electron chi connectivity index (χ0n) is 8.34. The summed E-state index contributed by atoms with van der Waals surface area (Å²) < 4.78 is 59.7. The molecule has 0 radical (unpaired) electrons. The molecule has 1 rings (SSSR count). The Labute approximate surface area is 99.8 Å². The van der Waals surface area contributed by atoms with Crippen LogP contribution in [-0.4, -0.2) is 8.42 Å². The highest BCUT2D eigenvalue weighted by molar-refractivity contribution is 8.13. The number of halogens is 4. The monoisotopic (exact) mass is 283 g/mol. The number of nitrogens with zero attached hydrogens (tertiary/aromatic N) is 1. The van der Waals surface area contributed by atoms with Crippen LogP contribution in [0.1, 0.15) is 16.7 Å². The van der Waals surface area contributed by atoms with Crippen molar-refractivity contribution in [1.82, 2.24) is 0 Å². The maximum Gasteiger partial charge on any atom is 0.416 e. The van der Waals surface area contributed by atoms with Crippen LogP contribution in [0.3, 0.4) is 0 Å². The third kappa shape index (κ3) is 2.90. The predicted octanol–water partition coefficient (Wildman–Crippen LogP) is 2.81. The second kappa shape index (κ2) is 4.20. The fourth-order valence-corrected chi connectivity index (χ4v) is 2.29. The highest BCUT2D eigenvalue weighted by Gasteiger charge is 2.34. The van der Waals surface area contributed by atoms with Crippen LogP contribution in [0.15, 0.2) is 17.0 Å². The van der Waals surface area contributed by atoms with Gasteiger partial charge in [0.1, 0.15) is 11.0 Å². The first-order valence-corrected chi connectivity index (χ1v) is 6.45. The van der Waals surface area contributed by atoms with Gasteiger partial charge in [-0.3, -0.25) is 0 Å². The molecule has 0 N–H and O–H groups in total. The number of benzene rings is 1. The fourth-order valence-electron chi connectivity index (χ4n) is 1.28. The number of hydrogen-bond donors (Lipinski definition) is 0. The molecule has 0 atom stereocenters. The normalized spacial score (nSPS) is 12.2. The molecular weight excluding hydrogens is 279 g/mol. The highest BCUT2D eigenvalue weighted by Crippen LogP contribution is 2.35. The molecule has 0 aliphatic heterocycles. The van der Waals surface area contributed by atoms with Crippen LogP contribution in [0.5, 0.6) is 0 Å². The summed E-state index contributed by atoms with van der Waals surface area (Å²) in [4.78, 5) is -0.834. The molecule has 1 aromatic rings. The van der Waals surface area contributed by atoms with Crippen LogP contribution in [0, 0.1) is 18.3 Å². The van der Waals surface area contributed by atoms with Crippen molar-refractivity contribution in [3.8, 4) is 6.07 Å². The molecule has 0 aliphatic carbocycles. The van der Waals surface area contributed by atoms with Crippen molar-refractivity contribution < 1.29 is 21.6 Å². The summed E-state index contributed by atoms with van der Waals surface area (Å²) in [6, 6.07) is 2.71. The van der Waals surface area contributed by atoms with E-state index in [0.717, 1.165) is 13.0 Å². The summed E-state index contributed by atoms with van der Waals surface area (Å²) >= 11 is 0. The SMILES string of the molecule is Cc1cc(C#N)c(S(=O)(=O)Cl)cc1C(F)(F)F. The van der Waals surface area contributed by atoms with Crippen LogP contribution < -0.4 is 0 Å². The Morgan fingerprint density at radius 2 is 1.88 bits per heavy atom. The minimum absolute atomic E-state index is 0.238. The van der Waals surface area contributed by atoms with E-state index in [1.54, 1.807) is 0 Å². The summed E-state index contributed by atoms with van der Waals surface area (Å²) in [5.74, 6) is 0. The molecular formula is C9H5ClF3NO2S. The van der Waals surface area contributed by atoms with Crippen molar-refractivity contribution in [2.75, 3.05) is 0 Å². The summed E-state index contributed by atoms with van der Waals surface area (Å²) in [5.41, 5.74) is -1.78. The molecule has 0 amide bonds. The van der Waals surface area contributed by atoms with Gasteiger partial charge in [-0.2, -0.15) is 18.4 Å². The van der Waals surface area contributed by atoms with Gasteiger partial charge in [-0.05, 0) is 24.6 Å². The molecule has 0 saturated heterocycles. The second-order valence-corrected chi connectivity index (χ2v) is 5.75. The average Bonchev–Trinajstić information content (AvgIpc) is 2.13. The molecule has 0 unspecified atom stereocenters. The smallest absolute Gasteiger partial charge is 0.207 e. The summed E-state index contributed by atoms with van der Waals surface area (Å²) in [6.07, 6.45) is -4.70. The van der Waals surface area contributed by atoms with E-state index in [0.29, 0.717) is 6.07 Å². The lowest BCUT2D eigenvalue weighted by molar-refractivity contribution is -0.138. The topological polar surface area (TPSA) is 57.9 Å². The van der Waals surface area contributed by atoms with Crippen molar-refractivity contribution in [2.24, 2.45) is 0 Å². The number of alkyl halides is 3. The van der Waals surface area contributed by atoms with Crippen LogP contribution in [0.25, 0.3) is 0 Å². The van der Waals surface area contributed by atoms with Crippen LogP contribution >= 0.6 is 10.7 Å². The maximum atomic E-state index is 12.5. The van der Waals surface area contributed by atoms with E-state index in [1.807, 2.05) is 0 Å². The summed E-state index contributed by atoms with van der Waals surface area (Å²) in [5, 5.41) is 8.65. The van der Waals surface area contributed by atoms with Gasteiger partial charge < -0.3 is 0 Å². The van der Waals surface area contributed by atoms with Gasteiger partial charge in [0, 0.05) is 10.7 Å². The maximum absolute atomic E-state index is 12.5. The molecule has 0 bridgehead atoms. The van der Waals surface area contributed by atoms with Crippen LogP contribution in [-0.2, 0) is 15.2 Å². The molecule has 8 heteroatoms. The third-order valence-electron chi connectivity index (χ3n) is 2.02. The van der Waals surface area contributed by atoms with Gasteiger partial charge in [0.25, 0.3) is 9.05 Å². The standard InChI is InChI=1S/C9H5ClF3NO2S/c1-5-2-6(4-14)8(17(10,15)16)3-7(5)9(11,12)13/h2-3H,1H3. The van der Waals surface area contributed by atoms with Gasteiger partial charge in [0.2, 0.25) is 0 Å². The van der Waals surface area contributed by atoms with Gasteiger partial charge in [0.15, 0.2) is 0 Å². The lowest BCUT2D eigenvalue weighted by Gasteiger charge is -2.12. The van der Waals surface area contributed by atoms with Crippen molar-refractivity contribution in [3.63, 3.8) is 0 Å². The molecule has 0 fully saturated rings. The van der Waals surface area contributed by atoms with Gasteiger partial charge >= 0.3 is 6.18 Å². The zero-order chi connectivity index (χ0) is 13.4. The number of rotatable bonds is 1. The Balaban J connectivity index is 3.69. The largest absolute Gasteiger partial charge is 0.416 e. The quantitative estimate of drug-likeness (QED) is 0.745. The van der Waals surface area contributed by atoms with Crippen molar-refractivity contribution in [3.05, 3.63) is 28.8 Å². The molecule has 1 aromatic carbocycles. The molecule has 17 heavy (non-hydrogen) atoms. The van der Waals surface area contributed by atoms with E-state index in [-0.39, 0.29) is 5.56 Å². The van der Waals surface area contributed by atoms with Gasteiger partial charge in [-0.15, -0.1) is 0 Å². The first-order chi connectivity index (χ1) is 7.57. The Kier molecular flexibility index (Phi) is 3.41. The lowest BCUT2D eigenvalue weighted by Crippen LogP contribution is -2.10. The number of hydrogen-bond acceptors (Lipinski definition) is 3. The van der Waals surface area contributed by atoms with Crippen LogP contribution in [0.2, 0.25) is 0 Å². The first-order valence-electron chi connectivity index (χ1n) is 4.14. The van der Waals surface area contributed by atoms with E-state index >= 15 is 0 Å². The van der Waals surface area contributed by atoms with E-state index in [2.05, 4.69) is 0 Å². The van der Waals surface area contributed by atoms with Crippen molar-refractivity contribution in [2.45, 2.75) is 18.0 Å². The molecule has 0 spiro atoms. The Bertz CT molecular complexity index is 602. The Hall–Kier alpha value is -1.26. The number of aryl methyl sites for hydroxylation is 1. The molecule has 0 aliphatic rings. The van der Waals surface area contributed by atoms with E-state index in [4.69, 9.17) is 15.9 Å². The molecule has 0 aromatic heterocycles. The van der Waals surface area contributed by atoms with Crippen molar-refractivity contribution in [1.29, 1.82) is 5.26 Å². The van der Waals surface area contributed by atoms with Gasteiger partial charge in [0.05, 0.1) is 11.1 Å². The second-order valence-electron chi connectivity index (χ2n) is 3.21. The Morgan fingerprint density at radius 3 is 2.24 bits per heavy atom. The van der Waals surface area contributed by atoms with E-state index in [1.165, 1.54) is 6.07 Å². The molecule has 92 valence electrons.